The summed E-state index contributed by atoms with van der Waals surface area (Å²) in [6, 6.07) is 1.89. The molecule has 1 heterocycles. The molecule has 6 nitrogen and oxygen atoms in total. The highest BCUT2D eigenvalue weighted by atomic mass is 35.5. The van der Waals surface area contributed by atoms with Crippen LogP contribution in [0.2, 0.25) is 5.02 Å². The first-order valence-electron chi connectivity index (χ1n) is 5.01. The fourth-order valence-corrected chi connectivity index (χ4v) is 2.17. The standard InChI is InChI=1S/C10H7ClFN3O3S/c11-6-1-8(9(15(17)18)2-7(6)12)13-3-5-4-19-10(16)14-5/h1-2,4,13H,3H2,(H,14,16). The van der Waals surface area contributed by atoms with Crippen LogP contribution in [0.4, 0.5) is 15.8 Å². The summed E-state index contributed by atoms with van der Waals surface area (Å²) in [5, 5.41) is 14.9. The number of benzene rings is 1. The molecule has 0 aliphatic heterocycles. The Morgan fingerprint density at radius 2 is 2.26 bits per heavy atom. The molecule has 2 rings (SSSR count). The van der Waals surface area contributed by atoms with E-state index in [0.717, 1.165) is 23.5 Å². The van der Waals surface area contributed by atoms with Gasteiger partial charge in [-0.1, -0.05) is 22.9 Å². The summed E-state index contributed by atoms with van der Waals surface area (Å²) in [5.41, 5.74) is 0.243. The Kier molecular flexibility index (Phi) is 3.82. The van der Waals surface area contributed by atoms with Crippen molar-refractivity contribution in [2.45, 2.75) is 6.54 Å². The van der Waals surface area contributed by atoms with E-state index in [0.29, 0.717) is 5.69 Å². The SMILES string of the molecule is O=c1[nH]c(CNc2cc(Cl)c(F)cc2[N+](=O)[O-])cs1. The van der Waals surface area contributed by atoms with Crippen molar-refractivity contribution in [3.05, 3.63) is 53.8 Å². The molecule has 0 radical (unpaired) electrons. The fourth-order valence-electron chi connectivity index (χ4n) is 1.42. The van der Waals surface area contributed by atoms with E-state index in [1.807, 2.05) is 0 Å². The quantitative estimate of drug-likeness (QED) is 0.671. The molecule has 2 N–H and O–H groups in total. The second-order valence-electron chi connectivity index (χ2n) is 3.57. The number of halogens is 2. The van der Waals surface area contributed by atoms with Gasteiger partial charge in [-0.3, -0.25) is 14.9 Å². The monoisotopic (exact) mass is 303 g/mol. The minimum absolute atomic E-state index is 0.0865. The second kappa shape index (κ2) is 5.37. The van der Waals surface area contributed by atoms with E-state index in [-0.39, 0.29) is 22.1 Å². The maximum atomic E-state index is 13.2. The number of nitrogens with one attached hydrogen (secondary N) is 2. The minimum atomic E-state index is -0.858. The van der Waals surface area contributed by atoms with Crippen molar-refractivity contribution in [2.75, 3.05) is 5.32 Å². The molecule has 1 aromatic carbocycles. The third-order valence-electron chi connectivity index (χ3n) is 2.28. The van der Waals surface area contributed by atoms with Gasteiger partial charge in [0.25, 0.3) is 5.69 Å². The van der Waals surface area contributed by atoms with Gasteiger partial charge in [0.15, 0.2) is 0 Å². The smallest absolute Gasteiger partial charge is 0.304 e. The van der Waals surface area contributed by atoms with Crippen molar-refractivity contribution in [1.82, 2.24) is 4.98 Å². The molecule has 0 spiro atoms. The average Bonchev–Trinajstić information content (AvgIpc) is 2.76. The van der Waals surface area contributed by atoms with Gasteiger partial charge in [-0.2, -0.15) is 0 Å². The molecule has 0 aliphatic rings. The molecule has 0 atom stereocenters. The van der Waals surface area contributed by atoms with Crippen LogP contribution >= 0.6 is 22.9 Å². The van der Waals surface area contributed by atoms with Gasteiger partial charge >= 0.3 is 4.87 Å². The summed E-state index contributed by atoms with van der Waals surface area (Å²) in [5.74, 6) is -0.858. The molecule has 0 bridgehead atoms. The van der Waals surface area contributed by atoms with Gasteiger partial charge in [-0.05, 0) is 6.07 Å². The molecule has 100 valence electrons. The Morgan fingerprint density at radius 1 is 1.53 bits per heavy atom. The van der Waals surface area contributed by atoms with E-state index in [9.17, 15) is 19.3 Å². The zero-order valence-electron chi connectivity index (χ0n) is 9.28. The Labute approximate surface area is 115 Å². The van der Waals surface area contributed by atoms with Crippen LogP contribution in [0.1, 0.15) is 5.69 Å². The zero-order chi connectivity index (χ0) is 14.0. The number of nitrogens with zero attached hydrogens (tertiary/aromatic N) is 1. The average molecular weight is 304 g/mol. The molecular weight excluding hydrogens is 297 g/mol. The molecule has 0 amide bonds. The Balaban J connectivity index is 2.26. The largest absolute Gasteiger partial charge is 0.374 e. The molecule has 0 saturated heterocycles. The molecule has 0 saturated carbocycles. The summed E-state index contributed by atoms with van der Waals surface area (Å²) >= 11 is 6.57. The van der Waals surface area contributed by atoms with Gasteiger partial charge in [0.2, 0.25) is 0 Å². The highest BCUT2D eigenvalue weighted by Crippen LogP contribution is 2.30. The summed E-state index contributed by atoms with van der Waals surface area (Å²) in [4.78, 5) is 23.3. The highest BCUT2D eigenvalue weighted by molar-refractivity contribution is 7.07. The molecular formula is C10H7ClFN3O3S. The molecule has 1 aromatic heterocycles. The van der Waals surface area contributed by atoms with Crippen molar-refractivity contribution in [3.63, 3.8) is 0 Å². The number of thiazole rings is 1. The third-order valence-corrected chi connectivity index (χ3v) is 3.28. The van der Waals surface area contributed by atoms with Crippen LogP contribution in [0.15, 0.2) is 22.3 Å². The number of nitro groups is 1. The van der Waals surface area contributed by atoms with Gasteiger partial charge in [0.1, 0.15) is 11.5 Å². The molecule has 2 aromatic rings. The molecule has 0 unspecified atom stereocenters. The van der Waals surface area contributed by atoms with E-state index in [4.69, 9.17) is 11.6 Å². The third kappa shape index (κ3) is 3.09. The lowest BCUT2D eigenvalue weighted by atomic mass is 10.2. The van der Waals surface area contributed by atoms with Crippen LogP contribution in [-0.2, 0) is 6.54 Å². The lowest BCUT2D eigenvalue weighted by molar-refractivity contribution is -0.384. The number of hydrogen-bond acceptors (Lipinski definition) is 5. The maximum absolute atomic E-state index is 13.2. The normalized spacial score (nSPS) is 10.4. The van der Waals surface area contributed by atoms with Crippen LogP contribution in [0, 0.1) is 15.9 Å². The van der Waals surface area contributed by atoms with Gasteiger partial charge in [0, 0.05) is 11.1 Å². The summed E-state index contributed by atoms with van der Waals surface area (Å²) in [6.45, 7) is 0.168. The summed E-state index contributed by atoms with van der Waals surface area (Å²) in [7, 11) is 0. The van der Waals surface area contributed by atoms with Gasteiger partial charge < -0.3 is 10.3 Å². The van der Waals surface area contributed by atoms with E-state index >= 15 is 0 Å². The number of H-pyrrole nitrogens is 1. The minimum Gasteiger partial charge on any atom is -0.374 e. The number of rotatable bonds is 4. The highest BCUT2D eigenvalue weighted by Gasteiger charge is 2.17. The van der Waals surface area contributed by atoms with Crippen LogP contribution in [0.25, 0.3) is 0 Å². The summed E-state index contributed by atoms with van der Waals surface area (Å²) in [6.07, 6.45) is 0. The number of aromatic amines is 1. The van der Waals surface area contributed by atoms with Crippen LogP contribution in [0.5, 0.6) is 0 Å². The van der Waals surface area contributed by atoms with Crippen LogP contribution in [-0.4, -0.2) is 9.91 Å². The van der Waals surface area contributed by atoms with Gasteiger partial charge in [-0.25, -0.2) is 4.39 Å². The van der Waals surface area contributed by atoms with Crippen molar-refractivity contribution in [1.29, 1.82) is 0 Å². The summed E-state index contributed by atoms with van der Waals surface area (Å²) < 4.78 is 13.2. The van der Waals surface area contributed by atoms with Crippen molar-refractivity contribution >= 4 is 34.3 Å². The molecule has 9 heteroatoms. The number of anilines is 1. The van der Waals surface area contributed by atoms with E-state index in [2.05, 4.69) is 10.3 Å². The van der Waals surface area contributed by atoms with Crippen LogP contribution in [0.3, 0.4) is 0 Å². The zero-order valence-corrected chi connectivity index (χ0v) is 10.8. The van der Waals surface area contributed by atoms with Crippen molar-refractivity contribution < 1.29 is 9.31 Å². The van der Waals surface area contributed by atoms with Gasteiger partial charge in [-0.15, -0.1) is 0 Å². The van der Waals surface area contributed by atoms with Crippen LogP contribution < -0.4 is 10.2 Å². The fraction of sp³-hybridized carbons (Fsp3) is 0.100. The number of aromatic nitrogens is 1. The van der Waals surface area contributed by atoms with Crippen molar-refractivity contribution in [3.8, 4) is 0 Å². The first kappa shape index (κ1) is 13.5. The molecule has 0 fully saturated rings. The van der Waals surface area contributed by atoms with Gasteiger partial charge in [0.05, 0.1) is 22.6 Å². The molecule has 0 aliphatic carbocycles. The number of hydrogen-bond donors (Lipinski definition) is 2. The Bertz CT molecular complexity index is 685. The van der Waals surface area contributed by atoms with Crippen molar-refractivity contribution in [2.24, 2.45) is 0 Å². The predicted molar refractivity (Wildman–Crippen MR) is 70.3 cm³/mol. The van der Waals surface area contributed by atoms with E-state index in [1.54, 1.807) is 5.38 Å². The second-order valence-corrected chi connectivity index (χ2v) is 4.82. The number of nitro benzene ring substituents is 1. The van der Waals surface area contributed by atoms with E-state index < -0.39 is 16.4 Å². The molecule has 19 heavy (non-hydrogen) atoms. The Morgan fingerprint density at radius 3 is 2.84 bits per heavy atom. The predicted octanol–water partition coefficient (Wildman–Crippen LogP) is 2.75. The first-order chi connectivity index (χ1) is 8.97. The maximum Gasteiger partial charge on any atom is 0.304 e. The topological polar surface area (TPSA) is 88.0 Å². The first-order valence-corrected chi connectivity index (χ1v) is 6.27. The Hall–Kier alpha value is -1.93. The lowest BCUT2D eigenvalue weighted by Crippen LogP contribution is -2.05. The lowest BCUT2D eigenvalue weighted by Gasteiger charge is -2.06. The van der Waals surface area contributed by atoms with E-state index in [1.165, 1.54) is 0 Å².